The van der Waals surface area contributed by atoms with E-state index in [1.807, 2.05) is 25.1 Å². The zero-order valence-electron chi connectivity index (χ0n) is 10.3. The second-order valence-corrected chi connectivity index (χ2v) is 4.72. The molecule has 0 bridgehead atoms. The van der Waals surface area contributed by atoms with Crippen LogP contribution in [0.5, 0.6) is 0 Å². The molecule has 1 unspecified atom stereocenters. The van der Waals surface area contributed by atoms with Gasteiger partial charge in [0.15, 0.2) is 0 Å². The van der Waals surface area contributed by atoms with Gasteiger partial charge in [0.05, 0.1) is 0 Å². The molecule has 2 N–H and O–H groups in total. The standard InChI is InChI=1S/C14H16N2O2/c1-9-12(8-15-10-6-14(17)16-7-10)11-4-2-3-5-13(11)18-9/h2-5,10,15H,6-8H2,1H3,(H,16,17). The van der Waals surface area contributed by atoms with Crippen LogP contribution in [-0.2, 0) is 11.3 Å². The normalized spacial score (nSPS) is 19.4. The van der Waals surface area contributed by atoms with Crippen LogP contribution >= 0.6 is 0 Å². The van der Waals surface area contributed by atoms with E-state index in [1.54, 1.807) is 0 Å². The minimum Gasteiger partial charge on any atom is -0.461 e. The highest BCUT2D eigenvalue weighted by molar-refractivity contribution is 5.82. The number of hydrogen-bond donors (Lipinski definition) is 2. The highest BCUT2D eigenvalue weighted by Gasteiger charge is 2.21. The predicted octanol–water partition coefficient (Wildman–Crippen LogP) is 1.72. The molecule has 1 aromatic heterocycles. The average molecular weight is 244 g/mol. The zero-order valence-corrected chi connectivity index (χ0v) is 10.3. The summed E-state index contributed by atoms with van der Waals surface area (Å²) < 4.78 is 5.71. The molecule has 4 nitrogen and oxygen atoms in total. The summed E-state index contributed by atoms with van der Waals surface area (Å²) in [5.41, 5.74) is 2.11. The molecule has 1 aliphatic heterocycles. The number of para-hydroxylation sites is 1. The van der Waals surface area contributed by atoms with Gasteiger partial charge in [0.25, 0.3) is 0 Å². The second-order valence-electron chi connectivity index (χ2n) is 4.72. The summed E-state index contributed by atoms with van der Waals surface area (Å²) in [7, 11) is 0. The first-order valence-corrected chi connectivity index (χ1v) is 6.21. The van der Waals surface area contributed by atoms with Gasteiger partial charge in [-0.1, -0.05) is 18.2 Å². The van der Waals surface area contributed by atoms with Gasteiger partial charge < -0.3 is 15.1 Å². The van der Waals surface area contributed by atoms with Crippen molar-refractivity contribution in [2.75, 3.05) is 6.54 Å². The monoisotopic (exact) mass is 244 g/mol. The van der Waals surface area contributed by atoms with Crippen LogP contribution in [0.2, 0.25) is 0 Å². The number of amides is 1. The van der Waals surface area contributed by atoms with E-state index in [4.69, 9.17) is 4.42 Å². The molecule has 3 rings (SSSR count). The van der Waals surface area contributed by atoms with E-state index in [9.17, 15) is 4.79 Å². The van der Waals surface area contributed by atoms with Crippen LogP contribution in [0, 0.1) is 6.92 Å². The molecule has 1 aromatic carbocycles. The highest BCUT2D eigenvalue weighted by atomic mass is 16.3. The molecule has 0 aliphatic carbocycles. The first-order valence-electron chi connectivity index (χ1n) is 6.21. The van der Waals surface area contributed by atoms with E-state index in [0.717, 1.165) is 23.3 Å². The maximum absolute atomic E-state index is 11.1. The molecule has 1 fully saturated rings. The number of rotatable bonds is 3. The maximum Gasteiger partial charge on any atom is 0.221 e. The third-order valence-corrected chi connectivity index (χ3v) is 3.45. The number of benzene rings is 1. The quantitative estimate of drug-likeness (QED) is 0.864. The molecule has 1 atom stereocenters. The van der Waals surface area contributed by atoms with E-state index in [1.165, 1.54) is 5.56 Å². The Morgan fingerprint density at radius 3 is 3.06 bits per heavy atom. The van der Waals surface area contributed by atoms with Crippen molar-refractivity contribution in [1.82, 2.24) is 10.6 Å². The van der Waals surface area contributed by atoms with Crippen molar-refractivity contribution >= 4 is 16.9 Å². The summed E-state index contributed by atoms with van der Waals surface area (Å²) in [6, 6.07) is 8.27. The van der Waals surface area contributed by atoms with Crippen molar-refractivity contribution in [3.63, 3.8) is 0 Å². The van der Waals surface area contributed by atoms with Crippen molar-refractivity contribution in [1.29, 1.82) is 0 Å². The van der Waals surface area contributed by atoms with Crippen molar-refractivity contribution < 1.29 is 9.21 Å². The molecule has 1 aliphatic rings. The number of hydrogen-bond acceptors (Lipinski definition) is 3. The van der Waals surface area contributed by atoms with E-state index in [2.05, 4.69) is 16.7 Å². The molecule has 0 saturated carbocycles. The third kappa shape index (κ3) is 1.99. The fourth-order valence-corrected chi connectivity index (χ4v) is 2.44. The SMILES string of the molecule is Cc1oc2ccccc2c1CNC1CNC(=O)C1. The number of furan rings is 1. The molecule has 4 heteroatoms. The maximum atomic E-state index is 11.1. The van der Waals surface area contributed by atoms with Gasteiger partial charge in [-0.3, -0.25) is 4.79 Å². The third-order valence-electron chi connectivity index (χ3n) is 3.45. The molecular formula is C14H16N2O2. The fraction of sp³-hybridized carbons (Fsp3) is 0.357. The van der Waals surface area contributed by atoms with Gasteiger partial charge in [0, 0.05) is 36.5 Å². The summed E-state index contributed by atoms with van der Waals surface area (Å²) >= 11 is 0. The minimum atomic E-state index is 0.126. The van der Waals surface area contributed by atoms with Crippen LogP contribution in [0.4, 0.5) is 0 Å². The Labute approximate surface area is 105 Å². The molecule has 2 aromatic rings. The zero-order chi connectivity index (χ0) is 12.5. The smallest absolute Gasteiger partial charge is 0.221 e. The molecule has 1 saturated heterocycles. The molecule has 0 spiro atoms. The summed E-state index contributed by atoms with van der Waals surface area (Å²) in [5.74, 6) is 1.07. The molecule has 1 amide bonds. The lowest BCUT2D eigenvalue weighted by Crippen LogP contribution is -2.30. The molecule has 0 radical (unpaired) electrons. The first kappa shape index (κ1) is 11.3. The van der Waals surface area contributed by atoms with Crippen molar-refractivity contribution in [2.24, 2.45) is 0 Å². The van der Waals surface area contributed by atoms with Gasteiger partial charge in [-0.15, -0.1) is 0 Å². The molecular weight excluding hydrogens is 228 g/mol. The van der Waals surface area contributed by atoms with Gasteiger partial charge in [0.2, 0.25) is 5.91 Å². The van der Waals surface area contributed by atoms with Gasteiger partial charge >= 0.3 is 0 Å². The first-order chi connectivity index (χ1) is 8.74. The molecule has 94 valence electrons. The lowest BCUT2D eigenvalue weighted by Gasteiger charge is -2.09. The summed E-state index contributed by atoms with van der Waals surface area (Å²) in [4.78, 5) is 11.1. The Balaban J connectivity index is 1.78. The van der Waals surface area contributed by atoms with Crippen molar-refractivity contribution in [2.45, 2.75) is 25.9 Å². The Morgan fingerprint density at radius 1 is 1.44 bits per heavy atom. The Kier molecular flexibility index (Phi) is 2.80. The number of aryl methyl sites for hydroxylation is 1. The number of carbonyl (C=O) groups excluding carboxylic acids is 1. The van der Waals surface area contributed by atoms with Gasteiger partial charge in [0.1, 0.15) is 11.3 Å². The van der Waals surface area contributed by atoms with Crippen LogP contribution in [0.15, 0.2) is 28.7 Å². The average Bonchev–Trinajstić information content (AvgIpc) is 2.90. The van der Waals surface area contributed by atoms with Gasteiger partial charge in [-0.05, 0) is 13.0 Å². The Morgan fingerprint density at radius 2 is 2.28 bits per heavy atom. The van der Waals surface area contributed by atoms with Crippen LogP contribution in [-0.4, -0.2) is 18.5 Å². The Hall–Kier alpha value is -1.81. The van der Waals surface area contributed by atoms with E-state index < -0.39 is 0 Å². The van der Waals surface area contributed by atoms with Gasteiger partial charge in [-0.2, -0.15) is 0 Å². The molecule has 18 heavy (non-hydrogen) atoms. The largest absolute Gasteiger partial charge is 0.461 e. The Bertz CT molecular complexity index is 588. The predicted molar refractivity (Wildman–Crippen MR) is 69.2 cm³/mol. The lowest BCUT2D eigenvalue weighted by atomic mass is 10.1. The number of carbonyl (C=O) groups is 1. The van der Waals surface area contributed by atoms with Crippen LogP contribution < -0.4 is 10.6 Å². The molecule has 2 heterocycles. The van der Waals surface area contributed by atoms with E-state index in [0.29, 0.717) is 13.0 Å². The van der Waals surface area contributed by atoms with E-state index in [-0.39, 0.29) is 11.9 Å². The fourth-order valence-electron chi connectivity index (χ4n) is 2.44. The minimum absolute atomic E-state index is 0.126. The topological polar surface area (TPSA) is 54.3 Å². The number of nitrogens with one attached hydrogen (secondary N) is 2. The highest BCUT2D eigenvalue weighted by Crippen LogP contribution is 2.25. The van der Waals surface area contributed by atoms with Crippen LogP contribution in [0.3, 0.4) is 0 Å². The van der Waals surface area contributed by atoms with Crippen LogP contribution in [0.1, 0.15) is 17.7 Å². The summed E-state index contributed by atoms with van der Waals surface area (Å²) in [5, 5.41) is 7.38. The van der Waals surface area contributed by atoms with Crippen molar-refractivity contribution in [3.8, 4) is 0 Å². The summed E-state index contributed by atoms with van der Waals surface area (Å²) in [6.07, 6.45) is 0.564. The summed E-state index contributed by atoms with van der Waals surface area (Å²) in [6.45, 7) is 3.44. The van der Waals surface area contributed by atoms with Gasteiger partial charge in [-0.25, -0.2) is 0 Å². The van der Waals surface area contributed by atoms with Crippen molar-refractivity contribution in [3.05, 3.63) is 35.6 Å². The second kappa shape index (κ2) is 4.46. The van der Waals surface area contributed by atoms with E-state index >= 15 is 0 Å². The number of fused-ring (bicyclic) bond motifs is 1. The lowest BCUT2D eigenvalue weighted by molar-refractivity contribution is -0.119. The van der Waals surface area contributed by atoms with Crippen LogP contribution in [0.25, 0.3) is 11.0 Å².